The molecular formula is C16H19N5. The zero-order valence-electron chi connectivity index (χ0n) is 12.5. The monoisotopic (exact) mass is 281 g/mol. The van der Waals surface area contributed by atoms with Crippen LogP contribution in [0.2, 0.25) is 0 Å². The van der Waals surface area contributed by atoms with E-state index in [1.54, 1.807) is 0 Å². The first-order valence-corrected chi connectivity index (χ1v) is 7.34. The van der Waals surface area contributed by atoms with Crippen LogP contribution in [0.25, 0.3) is 0 Å². The van der Waals surface area contributed by atoms with Gasteiger partial charge in [-0.3, -0.25) is 0 Å². The van der Waals surface area contributed by atoms with Gasteiger partial charge in [0.25, 0.3) is 0 Å². The summed E-state index contributed by atoms with van der Waals surface area (Å²) in [5, 5.41) is 9.19. The van der Waals surface area contributed by atoms with Gasteiger partial charge in [0, 0.05) is 50.1 Å². The van der Waals surface area contributed by atoms with Crippen LogP contribution < -0.4 is 4.90 Å². The summed E-state index contributed by atoms with van der Waals surface area (Å²) in [6, 6.07) is 5.98. The predicted molar refractivity (Wildman–Crippen MR) is 81.0 cm³/mol. The number of aryl methyl sites for hydroxylation is 2. The van der Waals surface area contributed by atoms with E-state index < -0.39 is 0 Å². The summed E-state index contributed by atoms with van der Waals surface area (Å²) in [7, 11) is 0. The molecule has 0 spiro atoms. The third-order valence-electron chi connectivity index (χ3n) is 3.96. The first-order chi connectivity index (χ1) is 10.2. The second-order valence-corrected chi connectivity index (χ2v) is 5.56. The Morgan fingerprint density at radius 3 is 2.90 bits per heavy atom. The number of aromatic nitrogens is 3. The first-order valence-electron chi connectivity index (χ1n) is 7.34. The maximum Gasteiger partial charge on any atom is 0.146 e. The van der Waals surface area contributed by atoms with E-state index in [0.29, 0.717) is 11.5 Å². The van der Waals surface area contributed by atoms with Crippen molar-refractivity contribution in [3.05, 3.63) is 41.6 Å². The molecule has 0 amide bonds. The van der Waals surface area contributed by atoms with Crippen molar-refractivity contribution < 1.29 is 0 Å². The molecule has 2 aromatic rings. The van der Waals surface area contributed by atoms with Gasteiger partial charge in [0.05, 0.1) is 5.56 Å². The van der Waals surface area contributed by atoms with E-state index in [1.807, 2.05) is 31.5 Å². The number of rotatable bonds is 4. The topological polar surface area (TPSA) is 57.7 Å². The Hall–Kier alpha value is -2.35. The van der Waals surface area contributed by atoms with Gasteiger partial charge in [0.2, 0.25) is 0 Å². The molecular weight excluding hydrogens is 262 g/mol. The SMILES string of the molecule is CCc1nccn1CC1CN(c2nc(C)ccc2C#N)C1. The summed E-state index contributed by atoms with van der Waals surface area (Å²) in [6.07, 6.45) is 4.87. The van der Waals surface area contributed by atoms with Gasteiger partial charge in [0.15, 0.2) is 0 Å². The van der Waals surface area contributed by atoms with Crippen molar-refractivity contribution in [1.29, 1.82) is 5.26 Å². The van der Waals surface area contributed by atoms with Crippen LogP contribution in [0.4, 0.5) is 5.82 Å². The standard InChI is InChI=1S/C16H19N5/c1-3-15-18-6-7-20(15)9-13-10-21(11-13)16-14(8-17)5-4-12(2)19-16/h4-7,13H,3,9-11H2,1-2H3. The maximum absolute atomic E-state index is 9.19. The van der Waals surface area contributed by atoms with E-state index in [2.05, 4.69) is 32.4 Å². The van der Waals surface area contributed by atoms with Crippen LogP contribution in [-0.2, 0) is 13.0 Å². The molecule has 0 radical (unpaired) electrons. The third-order valence-corrected chi connectivity index (χ3v) is 3.96. The molecule has 5 nitrogen and oxygen atoms in total. The van der Waals surface area contributed by atoms with Crippen molar-refractivity contribution in [2.45, 2.75) is 26.8 Å². The van der Waals surface area contributed by atoms with E-state index in [1.165, 1.54) is 0 Å². The fourth-order valence-corrected chi connectivity index (χ4v) is 2.83. The number of hydrogen-bond acceptors (Lipinski definition) is 4. The van der Waals surface area contributed by atoms with Crippen molar-refractivity contribution in [2.75, 3.05) is 18.0 Å². The predicted octanol–water partition coefficient (Wildman–Crippen LogP) is 2.16. The Balaban J connectivity index is 1.66. The van der Waals surface area contributed by atoms with Crippen LogP contribution in [-0.4, -0.2) is 27.6 Å². The highest BCUT2D eigenvalue weighted by molar-refractivity contribution is 5.55. The average molecular weight is 281 g/mol. The molecule has 1 aliphatic heterocycles. The second-order valence-electron chi connectivity index (χ2n) is 5.56. The van der Waals surface area contributed by atoms with Gasteiger partial charge in [-0.1, -0.05) is 6.92 Å². The lowest BCUT2D eigenvalue weighted by Gasteiger charge is -2.41. The van der Waals surface area contributed by atoms with E-state index in [9.17, 15) is 5.26 Å². The van der Waals surface area contributed by atoms with E-state index >= 15 is 0 Å². The Kier molecular flexibility index (Phi) is 3.61. The minimum atomic E-state index is 0.596. The molecule has 1 aliphatic rings. The largest absolute Gasteiger partial charge is 0.355 e. The maximum atomic E-state index is 9.19. The smallest absolute Gasteiger partial charge is 0.146 e. The van der Waals surface area contributed by atoms with Crippen LogP contribution >= 0.6 is 0 Å². The normalized spacial score (nSPS) is 14.8. The van der Waals surface area contributed by atoms with Crippen molar-refractivity contribution in [1.82, 2.24) is 14.5 Å². The van der Waals surface area contributed by atoms with E-state index in [-0.39, 0.29) is 0 Å². The van der Waals surface area contributed by atoms with Crippen molar-refractivity contribution >= 4 is 5.82 Å². The fourth-order valence-electron chi connectivity index (χ4n) is 2.83. The highest BCUT2D eigenvalue weighted by Gasteiger charge is 2.30. The summed E-state index contributed by atoms with van der Waals surface area (Å²) in [6.45, 7) is 6.98. The van der Waals surface area contributed by atoms with Gasteiger partial charge in [-0.15, -0.1) is 0 Å². The average Bonchev–Trinajstić information content (AvgIpc) is 2.89. The number of imidazole rings is 1. The molecule has 0 atom stereocenters. The molecule has 108 valence electrons. The fraction of sp³-hybridized carbons (Fsp3) is 0.438. The molecule has 0 saturated carbocycles. The lowest BCUT2D eigenvalue weighted by atomic mass is 9.99. The molecule has 3 rings (SSSR count). The highest BCUT2D eigenvalue weighted by Crippen LogP contribution is 2.27. The van der Waals surface area contributed by atoms with Gasteiger partial charge in [-0.25, -0.2) is 9.97 Å². The number of anilines is 1. The molecule has 21 heavy (non-hydrogen) atoms. The molecule has 0 aliphatic carbocycles. The molecule has 0 unspecified atom stereocenters. The van der Waals surface area contributed by atoms with Gasteiger partial charge in [0.1, 0.15) is 17.7 Å². The van der Waals surface area contributed by atoms with Crippen LogP contribution in [0.15, 0.2) is 24.5 Å². The summed E-state index contributed by atoms with van der Waals surface area (Å²) < 4.78 is 2.23. The second kappa shape index (κ2) is 5.57. The van der Waals surface area contributed by atoms with Crippen molar-refractivity contribution in [3.63, 3.8) is 0 Å². The molecule has 3 heterocycles. The Labute approximate surface area is 124 Å². The van der Waals surface area contributed by atoms with Gasteiger partial charge < -0.3 is 9.47 Å². The van der Waals surface area contributed by atoms with Crippen molar-refractivity contribution in [2.24, 2.45) is 5.92 Å². The molecule has 0 aromatic carbocycles. The molecule has 2 aromatic heterocycles. The van der Waals surface area contributed by atoms with Crippen LogP contribution in [0.1, 0.15) is 24.0 Å². The van der Waals surface area contributed by atoms with E-state index in [4.69, 9.17) is 0 Å². The summed E-state index contributed by atoms with van der Waals surface area (Å²) in [5.74, 6) is 2.56. The lowest BCUT2D eigenvalue weighted by molar-refractivity contribution is 0.350. The van der Waals surface area contributed by atoms with Crippen LogP contribution in [0, 0.1) is 24.2 Å². The zero-order valence-corrected chi connectivity index (χ0v) is 12.5. The summed E-state index contributed by atoms with van der Waals surface area (Å²) in [4.78, 5) is 11.1. The highest BCUT2D eigenvalue weighted by atomic mass is 15.3. The number of pyridine rings is 1. The zero-order chi connectivity index (χ0) is 14.8. The molecule has 0 N–H and O–H groups in total. The molecule has 1 fully saturated rings. The van der Waals surface area contributed by atoms with Crippen molar-refractivity contribution in [3.8, 4) is 6.07 Å². The van der Waals surface area contributed by atoms with Crippen LogP contribution in [0.5, 0.6) is 0 Å². The number of hydrogen-bond donors (Lipinski definition) is 0. The number of nitriles is 1. The minimum absolute atomic E-state index is 0.596. The molecule has 5 heteroatoms. The van der Waals surface area contributed by atoms with Gasteiger partial charge >= 0.3 is 0 Å². The lowest BCUT2D eigenvalue weighted by Crippen LogP contribution is -2.49. The molecule has 1 saturated heterocycles. The Morgan fingerprint density at radius 2 is 2.19 bits per heavy atom. The minimum Gasteiger partial charge on any atom is -0.355 e. The summed E-state index contributed by atoms with van der Waals surface area (Å²) >= 11 is 0. The third kappa shape index (κ3) is 2.62. The van der Waals surface area contributed by atoms with Gasteiger partial charge in [-0.2, -0.15) is 5.26 Å². The Morgan fingerprint density at radius 1 is 1.38 bits per heavy atom. The van der Waals surface area contributed by atoms with Crippen LogP contribution in [0.3, 0.4) is 0 Å². The summed E-state index contributed by atoms with van der Waals surface area (Å²) in [5.41, 5.74) is 1.62. The number of nitrogens with zero attached hydrogens (tertiary/aromatic N) is 5. The first kappa shape index (κ1) is 13.6. The quantitative estimate of drug-likeness (QED) is 0.861. The van der Waals surface area contributed by atoms with Gasteiger partial charge in [-0.05, 0) is 19.1 Å². The van der Waals surface area contributed by atoms with E-state index in [0.717, 1.165) is 43.4 Å². The Bertz CT molecular complexity index is 676. The molecule has 0 bridgehead atoms.